The average Bonchev–Trinajstić information content (AvgIpc) is 3.01. The van der Waals surface area contributed by atoms with E-state index < -0.39 is 23.6 Å². The van der Waals surface area contributed by atoms with Crippen LogP contribution in [0.2, 0.25) is 0 Å². The van der Waals surface area contributed by atoms with Gasteiger partial charge >= 0.3 is 5.97 Å². The standard InChI is InChI=1S/C15H23NO7/c1-5-18-13(17)15-6-8(16(4)23-15)9-10(19-7-15)11-12(20-9)22-14(2,3)21-11/h8-12H,5-7H2,1-4H3/t8-,9+,10-,11+,12+,15-/m0/s1. The molecule has 6 atom stereocenters. The van der Waals surface area contributed by atoms with Crippen molar-refractivity contribution in [3.63, 3.8) is 0 Å². The molecule has 0 N–H and O–H groups in total. The fraction of sp³-hybridized carbons (Fsp3) is 0.933. The van der Waals surface area contributed by atoms with E-state index in [0.717, 1.165) is 0 Å². The van der Waals surface area contributed by atoms with Crippen molar-refractivity contribution < 1.29 is 33.3 Å². The quantitative estimate of drug-likeness (QED) is 0.665. The summed E-state index contributed by atoms with van der Waals surface area (Å²) in [6.45, 7) is 5.89. The molecule has 0 unspecified atom stereocenters. The average molecular weight is 329 g/mol. The van der Waals surface area contributed by atoms with Crippen LogP contribution in [0, 0.1) is 0 Å². The van der Waals surface area contributed by atoms with Crippen LogP contribution in [0.5, 0.6) is 0 Å². The van der Waals surface area contributed by atoms with Crippen molar-refractivity contribution in [3.05, 3.63) is 0 Å². The van der Waals surface area contributed by atoms with E-state index in [1.807, 2.05) is 13.8 Å². The van der Waals surface area contributed by atoms with E-state index in [1.165, 1.54) is 0 Å². The predicted octanol–water partition coefficient (Wildman–Crippen LogP) is 0.199. The Hall–Kier alpha value is -0.770. The van der Waals surface area contributed by atoms with Crippen LogP contribution in [0.15, 0.2) is 0 Å². The second-order valence-electron chi connectivity index (χ2n) is 6.97. The number of ether oxygens (including phenoxy) is 5. The summed E-state index contributed by atoms with van der Waals surface area (Å²) < 4.78 is 28.9. The number of hydroxylamine groups is 2. The largest absolute Gasteiger partial charge is 0.464 e. The van der Waals surface area contributed by atoms with Crippen LogP contribution in [0.4, 0.5) is 0 Å². The summed E-state index contributed by atoms with van der Waals surface area (Å²) in [7, 11) is 1.80. The van der Waals surface area contributed by atoms with Gasteiger partial charge in [-0.3, -0.25) is 4.84 Å². The summed E-state index contributed by atoms with van der Waals surface area (Å²) in [6, 6.07) is -0.118. The molecule has 4 rings (SSSR count). The number of hydrogen-bond donors (Lipinski definition) is 0. The fourth-order valence-electron chi connectivity index (χ4n) is 3.93. The molecule has 0 radical (unpaired) electrons. The first-order valence-corrected chi connectivity index (χ1v) is 8.07. The van der Waals surface area contributed by atoms with Gasteiger partial charge in [0.1, 0.15) is 18.3 Å². The Balaban J connectivity index is 1.59. The minimum absolute atomic E-state index is 0.115. The Morgan fingerprint density at radius 3 is 2.78 bits per heavy atom. The Morgan fingerprint density at radius 2 is 2.04 bits per heavy atom. The Morgan fingerprint density at radius 1 is 1.26 bits per heavy atom. The van der Waals surface area contributed by atoms with Crippen LogP contribution in [0.1, 0.15) is 27.2 Å². The Labute approximate surface area is 134 Å². The molecule has 0 amide bonds. The molecule has 0 aromatic rings. The lowest BCUT2D eigenvalue weighted by Gasteiger charge is -2.32. The molecule has 0 spiro atoms. The molecule has 4 aliphatic heterocycles. The maximum atomic E-state index is 12.4. The zero-order valence-corrected chi connectivity index (χ0v) is 13.8. The Kier molecular flexibility index (Phi) is 3.50. The first kappa shape index (κ1) is 15.7. The van der Waals surface area contributed by atoms with Crippen LogP contribution < -0.4 is 0 Å². The van der Waals surface area contributed by atoms with Crippen LogP contribution in [0.25, 0.3) is 0 Å². The summed E-state index contributed by atoms with van der Waals surface area (Å²) >= 11 is 0. The van der Waals surface area contributed by atoms with E-state index in [0.29, 0.717) is 13.0 Å². The lowest BCUT2D eigenvalue weighted by Crippen LogP contribution is -2.49. The second-order valence-corrected chi connectivity index (χ2v) is 6.97. The van der Waals surface area contributed by atoms with Gasteiger partial charge in [0.2, 0.25) is 5.60 Å². The van der Waals surface area contributed by atoms with Crippen molar-refractivity contribution in [2.24, 2.45) is 0 Å². The van der Waals surface area contributed by atoms with Gasteiger partial charge in [0, 0.05) is 13.5 Å². The highest BCUT2D eigenvalue weighted by Crippen LogP contribution is 2.46. The third-order valence-corrected chi connectivity index (χ3v) is 4.89. The van der Waals surface area contributed by atoms with Crippen LogP contribution in [0.3, 0.4) is 0 Å². The molecule has 8 heteroatoms. The lowest BCUT2D eigenvalue weighted by molar-refractivity contribution is -0.267. The van der Waals surface area contributed by atoms with Crippen molar-refractivity contribution in [2.45, 2.75) is 69.2 Å². The monoisotopic (exact) mass is 329 g/mol. The fourth-order valence-corrected chi connectivity index (χ4v) is 3.93. The number of hydrogen-bond acceptors (Lipinski definition) is 8. The highest BCUT2D eigenvalue weighted by Gasteiger charge is 2.65. The molecule has 4 heterocycles. The van der Waals surface area contributed by atoms with E-state index in [1.54, 1.807) is 19.0 Å². The van der Waals surface area contributed by atoms with Crippen LogP contribution in [-0.2, 0) is 33.3 Å². The van der Waals surface area contributed by atoms with E-state index in [2.05, 4.69) is 0 Å². The number of likely N-dealkylation sites (N-methyl/N-ethyl adjacent to an activating group) is 1. The molecule has 0 aliphatic carbocycles. The second kappa shape index (κ2) is 5.11. The summed E-state index contributed by atoms with van der Waals surface area (Å²) in [4.78, 5) is 18.2. The lowest BCUT2D eigenvalue weighted by atomic mass is 9.94. The third-order valence-electron chi connectivity index (χ3n) is 4.89. The number of esters is 1. The van der Waals surface area contributed by atoms with Crippen molar-refractivity contribution >= 4 is 5.97 Å². The highest BCUT2D eigenvalue weighted by atomic mass is 16.8. The summed E-state index contributed by atoms with van der Waals surface area (Å²) in [5.41, 5.74) is -1.10. The van der Waals surface area contributed by atoms with Gasteiger partial charge in [0.25, 0.3) is 0 Å². The SMILES string of the molecule is CCOC(=O)[C@@]12CO[C@@H]3[C@H]4OC(C)(C)O[C@H]4O[C@@H]3[C@H](C1)N(C)O2. The first-order chi connectivity index (χ1) is 10.9. The zero-order chi connectivity index (χ0) is 16.4. The summed E-state index contributed by atoms with van der Waals surface area (Å²) in [5, 5.41) is 1.68. The van der Waals surface area contributed by atoms with Gasteiger partial charge in [-0.1, -0.05) is 0 Å². The third kappa shape index (κ3) is 2.32. The molecule has 0 saturated carbocycles. The zero-order valence-electron chi connectivity index (χ0n) is 13.8. The van der Waals surface area contributed by atoms with Crippen LogP contribution >= 0.6 is 0 Å². The van der Waals surface area contributed by atoms with Gasteiger partial charge in [-0.2, -0.15) is 5.06 Å². The van der Waals surface area contributed by atoms with Crippen molar-refractivity contribution in [3.8, 4) is 0 Å². The minimum Gasteiger partial charge on any atom is -0.464 e. The number of fused-ring (bicyclic) bond motifs is 6. The smallest absolute Gasteiger partial charge is 0.343 e. The summed E-state index contributed by atoms with van der Waals surface area (Å²) in [5.74, 6) is -1.09. The van der Waals surface area contributed by atoms with Crippen molar-refractivity contribution in [2.75, 3.05) is 20.3 Å². The number of rotatable bonds is 2. The maximum absolute atomic E-state index is 12.4. The predicted molar refractivity (Wildman–Crippen MR) is 75.1 cm³/mol. The van der Waals surface area contributed by atoms with Crippen molar-refractivity contribution in [1.29, 1.82) is 0 Å². The normalized spacial score (nSPS) is 47.9. The van der Waals surface area contributed by atoms with E-state index >= 15 is 0 Å². The van der Waals surface area contributed by atoms with Gasteiger partial charge in [-0.05, 0) is 20.8 Å². The molecule has 0 aromatic carbocycles. The number of carbonyl (C=O) groups is 1. The number of carbonyl (C=O) groups excluding carboxylic acids is 1. The van der Waals surface area contributed by atoms with Gasteiger partial charge in [-0.15, -0.1) is 0 Å². The molecule has 4 aliphatic rings. The van der Waals surface area contributed by atoms with Gasteiger partial charge < -0.3 is 23.7 Å². The van der Waals surface area contributed by atoms with E-state index in [4.69, 9.17) is 28.5 Å². The van der Waals surface area contributed by atoms with Gasteiger partial charge in [0.15, 0.2) is 12.1 Å². The molecular weight excluding hydrogens is 306 g/mol. The van der Waals surface area contributed by atoms with Crippen LogP contribution in [-0.4, -0.2) is 73.3 Å². The number of nitrogens with zero attached hydrogens (tertiary/aromatic N) is 1. The van der Waals surface area contributed by atoms with Gasteiger partial charge in [0.05, 0.1) is 19.3 Å². The molecule has 23 heavy (non-hydrogen) atoms. The van der Waals surface area contributed by atoms with Gasteiger partial charge in [-0.25, -0.2) is 4.79 Å². The molecule has 4 fully saturated rings. The Bertz CT molecular complexity index is 512. The summed E-state index contributed by atoms with van der Waals surface area (Å²) in [6.07, 6.45) is -0.864. The first-order valence-electron chi connectivity index (χ1n) is 8.07. The molecular formula is C15H23NO7. The molecule has 8 nitrogen and oxygen atoms in total. The topological polar surface area (TPSA) is 75.7 Å². The molecule has 4 saturated heterocycles. The van der Waals surface area contributed by atoms with E-state index in [9.17, 15) is 4.79 Å². The van der Waals surface area contributed by atoms with Crippen molar-refractivity contribution in [1.82, 2.24) is 5.06 Å². The molecule has 130 valence electrons. The molecule has 2 bridgehead atoms. The minimum atomic E-state index is -1.10. The molecule has 0 aromatic heterocycles. The maximum Gasteiger partial charge on any atom is 0.343 e. The van der Waals surface area contributed by atoms with E-state index in [-0.39, 0.29) is 31.0 Å². The highest BCUT2D eigenvalue weighted by molar-refractivity contribution is 5.80.